The van der Waals surface area contributed by atoms with Crippen molar-refractivity contribution in [2.75, 3.05) is 5.33 Å². The molecule has 0 spiro atoms. The summed E-state index contributed by atoms with van der Waals surface area (Å²) < 4.78 is 5.20. The molecule has 0 aliphatic rings. The summed E-state index contributed by atoms with van der Waals surface area (Å²) in [7, 11) is 0. The van der Waals surface area contributed by atoms with Crippen LogP contribution in [0.2, 0.25) is 0 Å². The van der Waals surface area contributed by atoms with Crippen LogP contribution in [0.3, 0.4) is 0 Å². The summed E-state index contributed by atoms with van der Waals surface area (Å²) >= 11 is 3.10. The average Bonchev–Trinajstić information content (AvgIpc) is 2.28. The van der Waals surface area contributed by atoms with Gasteiger partial charge in [-0.3, -0.25) is 4.79 Å². The zero-order valence-electron chi connectivity index (χ0n) is 7.54. The number of aryl methyl sites for hydroxylation is 2. The summed E-state index contributed by atoms with van der Waals surface area (Å²) in [6.45, 7) is 3.63. The third kappa shape index (κ3) is 5.12. The van der Waals surface area contributed by atoms with Crippen LogP contribution >= 0.6 is 15.9 Å². The van der Waals surface area contributed by atoms with E-state index in [9.17, 15) is 4.79 Å². The molecule has 6 heteroatoms. The minimum Gasteiger partial charge on any atom is -1.00 e. The number of Topliss-reactive ketones (excluding diaryl/α,β-unsaturated/α-hetero) is 1. The fourth-order valence-electron chi connectivity index (χ4n) is 0.980. The Morgan fingerprint density at radius 3 is 2.21 bits per heavy atom. The molecular weight excluding hydrogens is 431 g/mol. The molecule has 1 aromatic heterocycles. The molecule has 0 saturated heterocycles. The number of halogens is 3. The quantitative estimate of drug-likeness (QED) is 0.271. The Labute approximate surface area is 123 Å². The molecule has 0 amide bonds. The largest absolute Gasteiger partial charge is 2.00 e. The van der Waals surface area contributed by atoms with Crippen molar-refractivity contribution in [3.63, 3.8) is 0 Å². The Balaban J connectivity index is -0.000000403. The van der Waals surface area contributed by atoms with Gasteiger partial charge in [0.25, 0.3) is 0 Å². The van der Waals surface area contributed by atoms with Crippen LogP contribution in [0, 0.1) is 13.8 Å². The van der Waals surface area contributed by atoms with E-state index < -0.39 is 0 Å². The first kappa shape index (κ1) is 20.3. The Morgan fingerprint density at radius 2 is 1.93 bits per heavy atom. The standard InChI is InChI=1S/C8H9BrO2.2BrH.Cu/c1-5-3-7(6(2)11-5)8(10)4-9;;;/h3H,4H2,1-2H3;2*1H;/q;;;+2/p-2. The van der Waals surface area contributed by atoms with Gasteiger partial charge < -0.3 is 38.4 Å². The molecule has 0 aliphatic heterocycles. The first-order chi connectivity index (χ1) is 5.15. The van der Waals surface area contributed by atoms with Crippen LogP contribution in [-0.4, -0.2) is 11.1 Å². The van der Waals surface area contributed by atoms with Gasteiger partial charge in [0, 0.05) is 0 Å². The zero-order valence-corrected chi connectivity index (χ0v) is 13.2. The molecule has 0 N–H and O–H groups in total. The summed E-state index contributed by atoms with van der Waals surface area (Å²) in [5.41, 5.74) is 0.680. The number of carbonyl (C=O) groups is 1. The molecule has 0 aromatic carbocycles. The normalized spacial score (nSPS) is 7.93. The molecule has 0 fully saturated rings. The van der Waals surface area contributed by atoms with E-state index in [1.807, 2.05) is 6.92 Å². The second kappa shape index (κ2) is 9.16. The maximum absolute atomic E-state index is 11.1. The molecule has 0 saturated carbocycles. The van der Waals surface area contributed by atoms with E-state index in [2.05, 4.69) is 15.9 Å². The molecule has 1 radical (unpaired) electrons. The molecular formula is C8H9Br3CuO2. The predicted molar refractivity (Wildman–Crippen MR) is 46.3 cm³/mol. The van der Waals surface area contributed by atoms with Crippen LogP contribution < -0.4 is 34.0 Å². The summed E-state index contributed by atoms with van der Waals surface area (Å²) in [5.74, 6) is 1.55. The fraction of sp³-hybridized carbons (Fsp3) is 0.375. The van der Waals surface area contributed by atoms with E-state index in [0.717, 1.165) is 5.76 Å². The van der Waals surface area contributed by atoms with Gasteiger partial charge in [-0.2, -0.15) is 0 Å². The number of rotatable bonds is 2. The Morgan fingerprint density at radius 1 is 1.43 bits per heavy atom. The number of furan rings is 1. The number of ketones is 1. The van der Waals surface area contributed by atoms with Crippen molar-refractivity contribution < 1.29 is 60.2 Å². The minimum absolute atomic E-state index is 0. The Bertz CT molecular complexity index is 286. The van der Waals surface area contributed by atoms with Gasteiger partial charge in [0.1, 0.15) is 11.5 Å². The third-order valence-corrected chi connectivity index (χ3v) is 1.97. The molecule has 1 rings (SSSR count). The van der Waals surface area contributed by atoms with Crippen LogP contribution in [-0.2, 0) is 17.1 Å². The maximum Gasteiger partial charge on any atom is 2.00 e. The number of carbonyl (C=O) groups excluding carboxylic acids is 1. The summed E-state index contributed by atoms with van der Waals surface area (Å²) in [4.78, 5) is 11.1. The topological polar surface area (TPSA) is 30.2 Å². The number of alkyl halides is 1. The minimum atomic E-state index is 0. The second-order valence-electron chi connectivity index (χ2n) is 2.38. The van der Waals surface area contributed by atoms with Gasteiger partial charge in [-0.05, 0) is 19.9 Å². The van der Waals surface area contributed by atoms with E-state index in [1.165, 1.54) is 0 Å². The van der Waals surface area contributed by atoms with Gasteiger partial charge in [-0.1, -0.05) is 15.9 Å². The molecule has 0 aliphatic carbocycles. The van der Waals surface area contributed by atoms with Crippen molar-refractivity contribution in [1.29, 1.82) is 0 Å². The average molecular weight is 440 g/mol. The molecule has 1 heterocycles. The van der Waals surface area contributed by atoms with Gasteiger partial charge in [-0.25, -0.2) is 0 Å². The van der Waals surface area contributed by atoms with Crippen LogP contribution in [0.1, 0.15) is 21.9 Å². The first-order valence-electron chi connectivity index (χ1n) is 3.31. The van der Waals surface area contributed by atoms with Crippen molar-refractivity contribution in [2.24, 2.45) is 0 Å². The third-order valence-electron chi connectivity index (χ3n) is 1.46. The van der Waals surface area contributed by atoms with Crippen LogP contribution in [0.25, 0.3) is 0 Å². The van der Waals surface area contributed by atoms with E-state index in [-0.39, 0.29) is 56.8 Å². The second-order valence-corrected chi connectivity index (χ2v) is 2.94. The molecule has 85 valence electrons. The summed E-state index contributed by atoms with van der Waals surface area (Å²) in [5, 5.41) is 0.354. The van der Waals surface area contributed by atoms with Gasteiger partial charge in [0.2, 0.25) is 0 Å². The summed E-state index contributed by atoms with van der Waals surface area (Å²) in [6.07, 6.45) is 0. The first-order valence-corrected chi connectivity index (χ1v) is 4.43. The SMILES string of the molecule is Cc1cc(C(=O)CBr)c(C)o1.[Br-].[Br-].[Cu+2]. The van der Waals surface area contributed by atoms with Crippen molar-refractivity contribution in [3.05, 3.63) is 23.2 Å². The fourth-order valence-corrected chi connectivity index (χ4v) is 1.28. The maximum atomic E-state index is 11.1. The van der Waals surface area contributed by atoms with Gasteiger partial charge in [0.15, 0.2) is 5.78 Å². The Kier molecular flexibility index (Phi) is 13.3. The molecule has 0 bridgehead atoms. The number of hydrogen-bond donors (Lipinski definition) is 0. The van der Waals surface area contributed by atoms with Gasteiger partial charge in [-0.15, -0.1) is 0 Å². The van der Waals surface area contributed by atoms with Crippen LogP contribution in [0.4, 0.5) is 0 Å². The van der Waals surface area contributed by atoms with Gasteiger partial charge >= 0.3 is 17.1 Å². The number of hydrogen-bond acceptors (Lipinski definition) is 2. The van der Waals surface area contributed by atoms with Crippen LogP contribution in [0.5, 0.6) is 0 Å². The van der Waals surface area contributed by atoms with Crippen molar-refractivity contribution in [2.45, 2.75) is 13.8 Å². The molecule has 1 aromatic rings. The van der Waals surface area contributed by atoms with E-state index in [0.29, 0.717) is 16.7 Å². The molecule has 0 unspecified atom stereocenters. The van der Waals surface area contributed by atoms with Crippen LogP contribution in [0.15, 0.2) is 10.5 Å². The smallest absolute Gasteiger partial charge is 1.00 e. The molecule has 2 nitrogen and oxygen atoms in total. The molecule has 14 heavy (non-hydrogen) atoms. The van der Waals surface area contributed by atoms with E-state index >= 15 is 0 Å². The predicted octanol–water partition coefficient (Wildman–Crippen LogP) is -3.52. The zero-order chi connectivity index (χ0) is 8.43. The van der Waals surface area contributed by atoms with Crippen molar-refractivity contribution >= 4 is 21.7 Å². The summed E-state index contributed by atoms with van der Waals surface area (Å²) in [6, 6.07) is 1.76. The molecule has 0 atom stereocenters. The van der Waals surface area contributed by atoms with Crippen molar-refractivity contribution in [3.8, 4) is 0 Å². The van der Waals surface area contributed by atoms with E-state index in [1.54, 1.807) is 13.0 Å². The van der Waals surface area contributed by atoms with Gasteiger partial charge in [0.05, 0.1) is 10.9 Å². The van der Waals surface area contributed by atoms with E-state index in [4.69, 9.17) is 4.42 Å². The van der Waals surface area contributed by atoms with Crippen molar-refractivity contribution in [1.82, 2.24) is 0 Å². The monoisotopic (exact) mass is 437 g/mol. The Hall–Kier alpha value is 0.909.